The van der Waals surface area contributed by atoms with E-state index in [2.05, 4.69) is 13.8 Å². The molecular weight excluding hydrogens is 210 g/mol. The highest BCUT2D eigenvalue weighted by atomic mass is 16.6. The van der Waals surface area contributed by atoms with E-state index in [1.807, 2.05) is 0 Å². The minimum Gasteiger partial charge on any atom is -0.462 e. The molecule has 0 saturated carbocycles. The maximum atomic E-state index is 11.6. The van der Waals surface area contributed by atoms with Crippen LogP contribution in [0.25, 0.3) is 0 Å². The van der Waals surface area contributed by atoms with Crippen molar-refractivity contribution in [2.24, 2.45) is 11.7 Å². The highest BCUT2D eigenvalue weighted by Crippen LogP contribution is 2.16. The van der Waals surface area contributed by atoms with E-state index in [0.717, 1.165) is 0 Å². The molecule has 0 aromatic carbocycles. The Morgan fingerprint density at radius 1 is 1.50 bits per heavy atom. The van der Waals surface area contributed by atoms with Gasteiger partial charge in [0.1, 0.15) is 12.1 Å². The monoisotopic (exact) mass is 231 g/mol. The summed E-state index contributed by atoms with van der Waals surface area (Å²) in [7, 11) is 0. The molecule has 1 aliphatic heterocycles. The van der Waals surface area contributed by atoms with E-state index in [9.17, 15) is 4.79 Å². The first kappa shape index (κ1) is 13.4. The number of esters is 1. The van der Waals surface area contributed by atoms with Gasteiger partial charge in [-0.25, -0.2) is 4.79 Å². The molecule has 5 nitrogen and oxygen atoms in total. The molecule has 0 bridgehead atoms. The molecule has 0 radical (unpaired) electrons. The lowest BCUT2D eigenvalue weighted by Gasteiger charge is -2.19. The number of hydrogen-bond acceptors (Lipinski definition) is 5. The highest BCUT2D eigenvalue weighted by molar-refractivity contribution is 5.81. The standard InChI is InChI=1S/C11H21NO4/c1-9(2)7-14-5-6-16-10(13)11(12)3-4-15-8-11/h9H,3-8,12H2,1-2H3. The van der Waals surface area contributed by atoms with Gasteiger partial charge in [-0.3, -0.25) is 0 Å². The Hall–Kier alpha value is -0.650. The van der Waals surface area contributed by atoms with Crippen molar-refractivity contribution in [3.8, 4) is 0 Å². The normalized spacial score (nSPS) is 25.0. The molecule has 16 heavy (non-hydrogen) atoms. The molecule has 0 amide bonds. The number of carbonyl (C=O) groups is 1. The average molecular weight is 231 g/mol. The maximum Gasteiger partial charge on any atom is 0.328 e. The molecule has 1 unspecified atom stereocenters. The molecule has 1 aliphatic rings. The number of ether oxygens (including phenoxy) is 3. The fraction of sp³-hybridized carbons (Fsp3) is 0.909. The van der Waals surface area contributed by atoms with Gasteiger partial charge in [0.2, 0.25) is 0 Å². The lowest BCUT2D eigenvalue weighted by Crippen LogP contribution is -2.49. The van der Waals surface area contributed by atoms with Crippen LogP contribution < -0.4 is 5.73 Å². The molecule has 1 saturated heterocycles. The van der Waals surface area contributed by atoms with Crippen LogP contribution in [-0.4, -0.2) is 44.5 Å². The predicted molar refractivity (Wildman–Crippen MR) is 59.0 cm³/mol. The molecule has 0 aromatic rings. The van der Waals surface area contributed by atoms with Gasteiger partial charge < -0.3 is 19.9 Å². The Morgan fingerprint density at radius 3 is 2.81 bits per heavy atom. The van der Waals surface area contributed by atoms with Crippen molar-refractivity contribution in [3.63, 3.8) is 0 Å². The van der Waals surface area contributed by atoms with Gasteiger partial charge >= 0.3 is 5.97 Å². The maximum absolute atomic E-state index is 11.6. The topological polar surface area (TPSA) is 70.8 Å². The second kappa shape index (κ2) is 6.18. The first-order valence-electron chi connectivity index (χ1n) is 5.66. The van der Waals surface area contributed by atoms with Crippen LogP contribution in [0.4, 0.5) is 0 Å². The van der Waals surface area contributed by atoms with Crippen molar-refractivity contribution in [2.75, 3.05) is 33.0 Å². The van der Waals surface area contributed by atoms with Gasteiger partial charge in [-0.1, -0.05) is 13.8 Å². The van der Waals surface area contributed by atoms with Crippen LogP contribution in [0.1, 0.15) is 20.3 Å². The zero-order chi connectivity index (χ0) is 12.0. The minimum atomic E-state index is -0.946. The van der Waals surface area contributed by atoms with Crippen LogP contribution in [0.15, 0.2) is 0 Å². The van der Waals surface area contributed by atoms with Gasteiger partial charge in [0.05, 0.1) is 13.2 Å². The van der Waals surface area contributed by atoms with Gasteiger partial charge in [0, 0.05) is 19.6 Å². The molecule has 0 spiro atoms. The van der Waals surface area contributed by atoms with Gasteiger partial charge in [-0.2, -0.15) is 0 Å². The molecule has 1 fully saturated rings. The molecule has 0 aromatic heterocycles. The third kappa shape index (κ3) is 4.08. The van der Waals surface area contributed by atoms with E-state index in [1.165, 1.54) is 0 Å². The summed E-state index contributed by atoms with van der Waals surface area (Å²) in [6.45, 7) is 6.25. The van der Waals surface area contributed by atoms with Crippen molar-refractivity contribution in [1.82, 2.24) is 0 Å². The van der Waals surface area contributed by atoms with Crippen LogP contribution in [0.5, 0.6) is 0 Å². The van der Waals surface area contributed by atoms with E-state index < -0.39 is 11.5 Å². The van der Waals surface area contributed by atoms with Gasteiger partial charge in [-0.15, -0.1) is 0 Å². The molecule has 94 valence electrons. The minimum absolute atomic E-state index is 0.249. The number of carbonyl (C=O) groups excluding carboxylic acids is 1. The lowest BCUT2D eigenvalue weighted by atomic mass is 10.0. The van der Waals surface area contributed by atoms with E-state index >= 15 is 0 Å². The van der Waals surface area contributed by atoms with Gasteiger partial charge in [0.25, 0.3) is 0 Å². The Labute approximate surface area is 96.2 Å². The summed E-state index contributed by atoms with van der Waals surface area (Å²) in [6.07, 6.45) is 0.526. The molecule has 1 rings (SSSR count). The summed E-state index contributed by atoms with van der Waals surface area (Å²) < 4.78 is 15.4. The summed E-state index contributed by atoms with van der Waals surface area (Å²) in [4.78, 5) is 11.6. The smallest absolute Gasteiger partial charge is 0.328 e. The lowest BCUT2D eigenvalue weighted by molar-refractivity contribution is -0.151. The summed E-state index contributed by atoms with van der Waals surface area (Å²) in [5.41, 5.74) is 4.88. The third-order valence-corrected chi connectivity index (χ3v) is 2.37. The number of hydrogen-bond donors (Lipinski definition) is 1. The van der Waals surface area contributed by atoms with Crippen molar-refractivity contribution in [2.45, 2.75) is 25.8 Å². The second-order valence-corrected chi connectivity index (χ2v) is 4.56. The van der Waals surface area contributed by atoms with E-state index in [1.54, 1.807) is 0 Å². The number of rotatable bonds is 6. The fourth-order valence-corrected chi connectivity index (χ4v) is 1.40. The molecule has 5 heteroatoms. The third-order valence-electron chi connectivity index (χ3n) is 2.37. The first-order valence-corrected chi connectivity index (χ1v) is 5.66. The summed E-state index contributed by atoms with van der Waals surface area (Å²) in [5, 5.41) is 0. The van der Waals surface area contributed by atoms with Crippen molar-refractivity contribution >= 4 is 5.97 Å². The first-order chi connectivity index (χ1) is 7.54. The van der Waals surface area contributed by atoms with Crippen LogP contribution >= 0.6 is 0 Å². The predicted octanol–water partition coefficient (Wildman–Crippen LogP) is 0.320. The average Bonchev–Trinajstić information content (AvgIpc) is 2.65. The van der Waals surface area contributed by atoms with Crippen LogP contribution in [0.3, 0.4) is 0 Å². The van der Waals surface area contributed by atoms with Crippen molar-refractivity contribution < 1.29 is 19.0 Å². The van der Waals surface area contributed by atoms with Crippen molar-refractivity contribution in [3.05, 3.63) is 0 Å². The Kier molecular flexibility index (Phi) is 5.18. The van der Waals surface area contributed by atoms with Crippen LogP contribution in [0.2, 0.25) is 0 Å². The Balaban J connectivity index is 2.10. The Bertz CT molecular complexity index is 224. The zero-order valence-electron chi connectivity index (χ0n) is 10.0. The summed E-state index contributed by atoms with van der Waals surface area (Å²) >= 11 is 0. The largest absolute Gasteiger partial charge is 0.462 e. The molecule has 2 N–H and O–H groups in total. The number of nitrogens with two attached hydrogens (primary N) is 1. The van der Waals surface area contributed by atoms with E-state index in [0.29, 0.717) is 32.2 Å². The van der Waals surface area contributed by atoms with Crippen LogP contribution in [0, 0.1) is 5.92 Å². The SMILES string of the molecule is CC(C)COCCOC(=O)C1(N)CCOC1. The zero-order valence-corrected chi connectivity index (χ0v) is 10.0. The van der Waals surface area contributed by atoms with E-state index in [-0.39, 0.29) is 13.2 Å². The summed E-state index contributed by atoms with van der Waals surface area (Å²) in [6, 6.07) is 0. The van der Waals surface area contributed by atoms with Gasteiger partial charge in [-0.05, 0) is 5.92 Å². The molecular formula is C11H21NO4. The summed E-state index contributed by atoms with van der Waals surface area (Å²) in [5.74, 6) is 0.0953. The molecule has 1 atom stereocenters. The highest BCUT2D eigenvalue weighted by Gasteiger charge is 2.39. The quantitative estimate of drug-likeness (QED) is 0.526. The second-order valence-electron chi connectivity index (χ2n) is 4.56. The van der Waals surface area contributed by atoms with Gasteiger partial charge in [0.15, 0.2) is 0 Å². The molecule has 0 aliphatic carbocycles. The molecule has 1 heterocycles. The fourth-order valence-electron chi connectivity index (χ4n) is 1.40. The Morgan fingerprint density at radius 2 is 2.25 bits per heavy atom. The van der Waals surface area contributed by atoms with Crippen LogP contribution in [-0.2, 0) is 19.0 Å². The van der Waals surface area contributed by atoms with Crippen molar-refractivity contribution in [1.29, 1.82) is 0 Å². The van der Waals surface area contributed by atoms with E-state index in [4.69, 9.17) is 19.9 Å².